The Morgan fingerprint density at radius 2 is 1.79 bits per heavy atom. The van der Waals surface area contributed by atoms with E-state index in [2.05, 4.69) is 14.7 Å². The maximum atomic E-state index is 11.4. The van der Waals surface area contributed by atoms with E-state index in [0.29, 0.717) is 0 Å². The molecular weight excluding hydrogens is 252 g/mol. The highest BCUT2D eigenvalue weighted by atomic mass is 35.5. The summed E-state index contributed by atoms with van der Waals surface area (Å²) in [4.78, 5) is 7.19. The Morgan fingerprint density at radius 3 is 2.21 bits per heavy atom. The van der Waals surface area contributed by atoms with Crippen LogP contribution in [0, 0.1) is 5.21 Å². The maximum Gasteiger partial charge on any atom is 0.225 e. The fourth-order valence-corrected chi connectivity index (χ4v) is 1.67. The molecule has 1 rings (SSSR count). The van der Waals surface area contributed by atoms with Gasteiger partial charge < -0.3 is 15.0 Å². The van der Waals surface area contributed by atoms with Crippen LogP contribution in [0.15, 0.2) is 0 Å². The van der Waals surface area contributed by atoms with Crippen LogP contribution in [0.25, 0.3) is 0 Å². The monoisotopic (exact) mass is 257 g/mol. The number of nitrogens with one attached hydrogen (secondary N) is 1. The number of nitrogens with zero attached hydrogens (tertiary/aromatic N) is 2. The molecule has 0 spiro atoms. The zero-order chi connectivity index (χ0) is 10.7. The largest absolute Gasteiger partial charge is 0.627 e. The van der Waals surface area contributed by atoms with E-state index in [1.807, 2.05) is 0 Å². The highest BCUT2D eigenvalue weighted by Crippen LogP contribution is 2.24. The molecule has 0 amide bonds. The van der Waals surface area contributed by atoms with Gasteiger partial charge in [-0.15, -0.1) is 0 Å². The van der Waals surface area contributed by atoms with E-state index in [0.717, 1.165) is 0 Å². The number of rotatable bonds is 3. The summed E-state index contributed by atoms with van der Waals surface area (Å²) in [6.45, 7) is -0.134. The molecule has 1 N–H and O–H groups in total. The quantitative estimate of drug-likeness (QED) is 0.381. The number of aromatic nitrogens is 2. The summed E-state index contributed by atoms with van der Waals surface area (Å²) in [5, 5.41) is 10.7. The number of methoxy groups -OCH3 is 1. The van der Waals surface area contributed by atoms with Gasteiger partial charge in [0.15, 0.2) is 17.0 Å². The zero-order valence-electron chi connectivity index (χ0n) is 7.05. The van der Waals surface area contributed by atoms with Gasteiger partial charge in [-0.3, -0.25) is 0 Å². The first kappa shape index (κ1) is 11.9. The van der Waals surface area contributed by atoms with Crippen molar-refractivity contribution in [3.8, 4) is 0 Å². The normalized spacial score (nSPS) is 12.9. The van der Waals surface area contributed by atoms with Crippen LogP contribution in [0.3, 0.4) is 0 Å². The molecule has 1 atom stereocenters. The van der Waals surface area contributed by atoms with Crippen molar-refractivity contribution in [2.24, 2.45) is 0 Å². The third kappa shape index (κ3) is 2.66. The van der Waals surface area contributed by atoms with E-state index in [-0.39, 0.29) is 33.1 Å². The van der Waals surface area contributed by atoms with Gasteiger partial charge in [0.25, 0.3) is 0 Å². The minimum Gasteiger partial charge on any atom is -0.627 e. The highest BCUT2D eigenvalue weighted by Gasteiger charge is 2.17. The molecule has 1 aromatic rings. The van der Waals surface area contributed by atoms with Gasteiger partial charge in [0, 0.05) is 7.11 Å². The third-order valence-corrected chi connectivity index (χ3v) is 2.06. The second-order valence-electron chi connectivity index (χ2n) is 2.31. The predicted octanol–water partition coefficient (Wildman–Crippen LogP) is 1.05. The maximum absolute atomic E-state index is 11.4. The summed E-state index contributed by atoms with van der Waals surface area (Å²) in [6, 6.07) is 0. The van der Waals surface area contributed by atoms with Crippen LogP contribution in [-0.4, -0.2) is 23.8 Å². The molecule has 0 saturated carbocycles. The third-order valence-electron chi connectivity index (χ3n) is 1.35. The Morgan fingerprint density at radius 1 is 1.29 bits per heavy atom. The molecule has 0 bridgehead atoms. The lowest BCUT2D eigenvalue weighted by Gasteiger charge is -2.21. The molecular formula is C6H6Cl3N3O2. The molecule has 78 valence electrons. The summed E-state index contributed by atoms with van der Waals surface area (Å²) >= 11 is 16.8. The lowest BCUT2D eigenvalue weighted by molar-refractivity contribution is -0.801. The van der Waals surface area contributed by atoms with Crippen LogP contribution >= 0.6 is 34.8 Å². The number of halogens is 3. The molecule has 1 unspecified atom stereocenters. The summed E-state index contributed by atoms with van der Waals surface area (Å²) in [5.41, 5.74) is 0.0274. The van der Waals surface area contributed by atoms with E-state index >= 15 is 0 Å². The van der Waals surface area contributed by atoms with Gasteiger partial charge in [0.2, 0.25) is 11.0 Å². The second-order valence-corrected chi connectivity index (χ2v) is 3.36. The molecule has 0 aliphatic carbocycles. The van der Waals surface area contributed by atoms with Gasteiger partial charge in [-0.25, -0.2) is 0 Å². The van der Waals surface area contributed by atoms with Crippen LogP contribution in [0.2, 0.25) is 15.6 Å². The van der Waals surface area contributed by atoms with E-state index < -0.39 is 0 Å². The number of hydroxylamine groups is 1. The first-order valence-electron chi connectivity index (χ1n) is 3.47. The first-order chi connectivity index (χ1) is 6.56. The molecule has 8 heteroatoms. The number of quaternary nitrogens is 1. The summed E-state index contributed by atoms with van der Waals surface area (Å²) in [7, 11) is 1.39. The van der Waals surface area contributed by atoms with Crippen molar-refractivity contribution in [1.82, 2.24) is 9.97 Å². The van der Waals surface area contributed by atoms with Crippen molar-refractivity contribution < 1.29 is 9.80 Å². The van der Waals surface area contributed by atoms with Gasteiger partial charge in [-0.05, 0) is 11.6 Å². The standard InChI is InChI=1S/C6H6Cl3N3O2/c1-14-2-12(13)3-4(7)10-6(9)11-5(3)8/h12H,2H2,1H3. The SMILES string of the molecule is COC[NH+]([O-])c1c(Cl)nc(Cl)nc1Cl. The van der Waals surface area contributed by atoms with Gasteiger partial charge in [-0.2, -0.15) is 9.97 Å². The minimum atomic E-state index is -0.390. The van der Waals surface area contributed by atoms with Crippen molar-refractivity contribution in [3.05, 3.63) is 20.8 Å². The highest BCUT2D eigenvalue weighted by molar-refractivity contribution is 6.38. The number of hydrogen-bond donors (Lipinski definition) is 1. The van der Waals surface area contributed by atoms with Gasteiger partial charge in [-0.1, -0.05) is 23.2 Å². The fourth-order valence-electron chi connectivity index (χ4n) is 0.817. The van der Waals surface area contributed by atoms with Crippen LogP contribution in [0.1, 0.15) is 0 Å². The smallest absolute Gasteiger partial charge is 0.225 e. The van der Waals surface area contributed by atoms with Crippen molar-refractivity contribution in [2.45, 2.75) is 0 Å². The lowest BCUT2D eigenvalue weighted by atomic mass is 10.5. The number of hydrogen-bond acceptors (Lipinski definition) is 4. The molecule has 0 fully saturated rings. The van der Waals surface area contributed by atoms with Gasteiger partial charge in [0.1, 0.15) is 0 Å². The Kier molecular flexibility index (Phi) is 4.31. The Labute approximate surface area is 95.1 Å². The average molecular weight is 258 g/mol. The van der Waals surface area contributed by atoms with Crippen LogP contribution < -0.4 is 5.06 Å². The summed E-state index contributed by atoms with van der Waals surface area (Å²) < 4.78 is 4.64. The molecule has 1 heterocycles. The summed E-state index contributed by atoms with van der Waals surface area (Å²) in [6.07, 6.45) is 0. The van der Waals surface area contributed by atoms with Crippen LogP contribution in [-0.2, 0) is 4.74 Å². The summed E-state index contributed by atoms with van der Waals surface area (Å²) in [5.74, 6) is 0. The topological polar surface area (TPSA) is 62.5 Å². The van der Waals surface area contributed by atoms with E-state index in [1.165, 1.54) is 7.11 Å². The van der Waals surface area contributed by atoms with Crippen LogP contribution in [0.5, 0.6) is 0 Å². The molecule has 0 saturated heterocycles. The molecule has 14 heavy (non-hydrogen) atoms. The molecule has 0 aliphatic rings. The molecule has 5 nitrogen and oxygen atoms in total. The van der Waals surface area contributed by atoms with Crippen molar-refractivity contribution in [3.63, 3.8) is 0 Å². The van der Waals surface area contributed by atoms with Gasteiger partial charge >= 0.3 is 0 Å². The molecule has 0 aliphatic heterocycles. The van der Waals surface area contributed by atoms with Crippen molar-refractivity contribution in [2.75, 3.05) is 13.8 Å². The Balaban J connectivity index is 3.07. The van der Waals surface area contributed by atoms with Crippen molar-refractivity contribution >= 4 is 40.5 Å². The Bertz CT molecular complexity index is 313. The predicted molar refractivity (Wildman–Crippen MR) is 52.9 cm³/mol. The zero-order valence-corrected chi connectivity index (χ0v) is 9.32. The van der Waals surface area contributed by atoms with E-state index in [9.17, 15) is 5.21 Å². The Hall–Kier alpha value is -0.170. The second kappa shape index (κ2) is 5.06. The van der Waals surface area contributed by atoms with Crippen LogP contribution in [0.4, 0.5) is 5.69 Å². The average Bonchev–Trinajstić information content (AvgIpc) is 2.01. The van der Waals surface area contributed by atoms with Gasteiger partial charge in [0.05, 0.1) is 0 Å². The van der Waals surface area contributed by atoms with E-state index in [4.69, 9.17) is 34.8 Å². The fraction of sp³-hybridized carbons (Fsp3) is 0.333. The van der Waals surface area contributed by atoms with E-state index in [1.54, 1.807) is 0 Å². The number of ether oxygens (including phenoxy) is 1. The first-order valence-corrected chi connectivity index (χ1v) is 4.60. The molecule has 0 aromatic carbocycles. The molecule has 0 radical (unpaired) electrons. The van der Waals surface area contributed by atoms with Crippen molar-refractivity contribution in [1.29, 1.82) is 0 Å². The minimum absolute atomic E-state index is 0.0274. The lowest BCUT2D eigenvalue weighted by Crippen LogP contribution is -3.02. The molecule has 1 aromatic heterocycles.